The molecule has 3 nitrogen and oxygen atoms in total. The van der Waals surface area contributed by atoms with Crippen LogP contribution in [0.3, 0.4) is 0 Å². The molecule has 1 aliphatic rings. The minimum atomic E-state index is 0.261. The second-order valence-electron chi connectivity index (χ2n) is 5.83. The van der Waals surface area contributed by atoms with Crippen molar-refractivity contribution in [3.8, 4) is 0 Å². The summed E-state index contributed by atoms with van der Waals surface area (Å²) in [6.45, 7) is 8.08. The van der Waals surface area contributed by atoms with Gasteiger partial charge in [0, 0.05) is 24.5 Å². The topological polar surface area (TPSA) is 28.2 Å². The van der Waals surface area contributed by atoms with Gasteiger partial charge in [-0.1, -0.05) is 6.07 Å². The first-order valence-electron chi connectivity index (χ1n) is 6.93. The van der Waals surface area contributed by atoms with E-state index in [0.29, 0.717) is 0 Å². The Labute approximate surface area is 111 Å². The number of rotatable bonds is 4. The number of pyridine rings is 1. The molecule has 3 heteroatoms. The molecule has 1 aromatic rings. The molecule has 2 rings (SSSR count). The van der Waals surface area contributed by atoms with Crippen molar-refractivity contribution in [1.82, 2.24) is 15.2 Å². The summed E-state index contributed by atoms with van der Waals surface area (Å²) in [5.41, 5.74) is 1.58. The van der Waals surface area contributed by atoms with Gasteiger partial charge in [0.1, 0.15) is 0 Å². The summed E-state index contributed by atoms with van der Waals surface area (Å²) in [5, 5.41) is 3.34. The van der Waals surface area contributed by atoms with Gasteiger partial charge < -0.3 is 5.32 Å². The Balaban J connectivity index is 2.07. The molecule has 0 spiro atoms. The SMILES string of the molecule is CNCC1CCCN(Cc2cccnc2)C1(C)C. The molecule has 18 heavy (non-hydrogen) atoms. The number of hydrogen-bond donors (Lipinski definition) is 1. The van der Waals surface area contributed by atoms with Gasteiger partial charge in [-0.25, -0.2) is 0 Å². The van der Waals surface area contributed by atoms with Crippen LogP contribution in [0.4, 0.5) is 0 Å². The number of nitrogens with one attached hydrogen (secondary N) is 1. The van der Waals surface area contributed by atoms with Gasteiger partial charge in [0.05, 0.1) is 0 Å². The van der Waals surface area contributed by atoms with Crippen LogP contribution in [0.15, 0.2) is 24.5 Å². The number of aromatic nitrogens is 1. The Bertz CT molecular complexity index is 359. The summed E-state index contributed by atoms with van der Waals surface area (Å²) in [6, 6.07) is 4.20. The van der Waals surface area contributed by atoms with Crippen LogP contribution in [-0.4, -0.2) is 35.6 Å². The Morgan fingerprint density at radius 2 is 2.33 bits per heavy atom. The molecule has 0 bridgehead atoms. The fourth-order valence-corrected chi connectivity index (χ4v) is 3.02. The molecule has 0 radical (unpaired) electrons. The zero-order valence-electron chi connectivity index (χ0n) is 11.8. The van der Waals surface area contributed by atoms with Crippen LogP contribution in [-0.2, 0) is 6.54 Å². The molecule has 0 aromatic carbocycles. The number of likely N-dealkylation sites (tertiary alicyclic amines) is 1. The third kappa shape index (κ3) is 2.90. The molecule has 0 saturated carbocycles. The highest BCUT2D eigenvalue weighted by molar-refractivity contribution is 5.09. The van der Waals surface area contributed by atoms with Crippen LogP contribution >= 0.6 is 0 Å². The van der Waals surface area contributed by atoms with Gasteiger partial charge in [0.15, 0.2) is 0 Å². The van der Waals surface area contributed by atoms with E-state index in [-0.39, 0.29) is 5.54 Å². The second-order valence-corrected chi connectivity index (χ2v) is 5.83. The largest absolute Gasteiger partial charge is 0.319 e. The van der Waals surface area contributed by atoms with E-state index in [1.54, 1.807) is 0 Å². The van der Waals surface area contributed by atoms with Gasteiger partial charge in [-0.05, 0) is 64.4 Å². The summed E-state index contributed by atoms with van der Waals surface area (Å²) in [4.78, 5) is 6.82. The van der Waals surface area contributed by atoms with E-state index in [2.05, 4.69) is 42.2 Å². The van der Waals surface area contributed by atoms with Crippen molar-refractivity contribution in [2.75, 3.05) is 20.1 Å². The average molecular weight is 247 g/mol. The average Bonchev–Trinajstić information content (AvgIpc) is 2.36. The maximum absolute atomic E-state index is 4.21. The van der Waals surface area contributed by atoms with Crippen LogP contribution < -0.4 is 5.32 Å². The maximum atomic E-state index is 4.21. The van der Waals surface area contributed by atoms with Crippen molar-refractivity contribution in [3.63, 3.8) is 0 Å². The molecule has 0 aliphatic carbocycles. The number of hydrogen-bond acceptors (Lipinski definition) is 3. The molecule has 1 N–H and O–H groups in total. The van der Waals surface area contributed by atoms with Gasteiger partial charge in [0.2, 0.25) is 0 Å². The van der Waals surface area contributed by atoms with E-state index >= 15 is 0 Å². The van der Waals surface area contributed by atoms with Crippen LogP contribution in [0, 0.1) is 5.92 Å². The molecule has 1 fully saturated rings. The van der Waals surface area contributed by atoms with Gasteiger partial charge in [-0.3, -0.25) is 9.88 Å². The van der Waals surface area contributed by atoms with Crippen LogP contribution in [0.2, 0.25) is 0 Å². The first-order valence-corrected chi connectivity index (χ1v) is 6.93. The quantitative estimate of drug-likeness (QED) is 0.885. The molecule has 1 aliphatic heterocycles. The normalized spacial score (nSPS) is 24.1. The van der Waals surface area contributed by atoms with E-state index in [1.165, 1.54) is 24.9 Å². The van der Waals surface area contributed by atoms with Crippen molar-refractivity contribution in [1.29, 1.82) is 0 Å². The fraction of sp³-hybridized carbons (Fsp3) is 0.667. The van der Waals surface area contributed by atoms with E-state index in [1.807, 2.05) is 18.5 Å². The van der Waals surface area contributed by atoms with Crippen molar-refractivity contribution in [2.24, 2.45) is 5.92 Å². The van der Waals surface area contributed by atoms with E-state index in [4.69, 9.17) is 0 Å². The Hall–Kier alpha value is -0.930. The van der Waals surface area contributed by atoms with Crippen LogP contribution in [0.5, 0.6) is 0 Å². The van der Waals surface area contributed by atoms with Crippen molar-refractivity contribution >= 4 is 0 Å². The minimum Gasteiger partial charge on any atom is -0.319 e. The standard InChI is InChI=1S/C15H25N3/c1-15(2)14(11-16-3)7-5-9-18(15)12-13-6-4-8-17-10-13/h4,6,8,10,14,16H,5,7,9,11-12H2,1-3H3. The summed E-state index contributed by atoms with van der Waals surface area (Å²) in [5.74, 6) is 0.730. The predicted molar refractivity (Wildman–Crippen MR) is 75.4 cm³/mol. The number of nitrogens with zero attached hydrogens (tertiary/aromatic N) is 2. The smallest absolute Gasteiger partial charge is 0.0312 e. The second kappa shape index (κ2) is 5.81. The van der Waals surface area contributed by atoms with Crippen molar-refractivity contribution in [3.05, 3.63) is 30.1 Å². The summed E-state index contributed by atoms with van der Waals surface area (Å²) in [7, 11) is 2.05. The molecule has 0 amide bonds. The summed E-state index contributed by atoms with van der Waals surface area (Å²) < 4.78 is 0. The third-order valence-electron chi connectivity index (χ3n) is 4.34. The molecule has 1 unspecified atom stereocenters. The Kier molecular flexibility index (Phi) is 4.36. The first-order chi connectivity index (χ1) is 8.64. The van der Waals surface area contributed by atoms with Gasteiger partial charge in [0.25, 0.3) is 0 Å². The van der Waals surface area contributed by atoms with Gasteiger partial charge >= 0.3 is 0 Å². The zero-order valence-corrected chi connectivity index (χ0v) is 11.8. The van der Waals surface area contributed by atoms with Crippen molar-refractivity contribution in [2.45, 2.75) is 38.8 Å². The maximum Gasteiger partial charge on any atom is 0.0312 e. The molecule has 2 heterocycles. The third-order valence-corrected chi connectivity index (χ3v) is 4.34. The van der Waals surface area contributed by atoms with E-state index in [0.717, 1.165) is 19.0 Å². The van der Waals surface area contributed by atoms with Crippen molar-refractivity contribution < 1.29 is 0 Å². The molecule has 1 saturated heterocycles. The number of piperidine rings is 1. The lowest BCUT2D eigenvalue weighted by molar-refractivity contribution is 0.0160. The molecular formula is C15H25N3. The molecule has 100 valence electrons. The molecule has 1 aromatic heterocycles. The van der Waals surface area contributed by atoms with Crippen LogP contribution in [0.25, 0.3) is 0 Å². The zero-order chi connectivity index (χ0) is 13.0. The monoisotopic (exact) mass is 247 g/mol. The summed E-state index contributed by atoms with van der Waals surface area (Å²) in [6.07, 6.45) is 6.46. The highest BCUT2D eigenvalue weighted by Crippen LogP contribution is 2.33. The minimum absolute atomic E-state index is 0.261. The van der Waals surface area contributed by atoms with Gasteiger partial charge in [-0.15, -0.1) is 0 Å². The lowest BCUT2D eigenvalue weighted by Crippen LogP contribution is -2.54. The Morgan fingerprint density at radius 1 is 1.50 bits per heavy atom. The predicted octanol–water partition coefficient (Wildman–Crippen LogP) is 2.29. The van der Waals surface area contributed by atoms with E-state index < -0.39 is 0 Å². The lowest BCUT2D eigenvalue weighted by atomic mass is 9.78. The van der Waals surface area contributed by atoms with Crippen LogP contribution in [0.1, 0.15) is 32.3 Å². The fourth-order valence-electron chi connectivity index (χ4n) is 3.02. The summed E-state index contributed by atoms with van der Waals surface area (Å²) >= 11 is 0. The molecule has 1 atom stereocenters. The highest BCUT2D eigenvalue weighted by atomic mass is 15.2. The molecular weight excluding hydrogens is 222 g/mol. The highest BCUT2D eigenvalue weighted by Gasteiger charge is 2.37. The Morgan fingerprint density at radius 3 is 3.00 bits per heavy atom. The van der Waals surface area contributed by atoms with Gasteiger partial charge in [-0.2, -0.15) is 0 Å². The lowest BCUT2D eigenvalue weighted by Gasteiger charge is -2.48. The first kappa shape index (κ1) is 13.5. The van der Waals surface area contributed by atoms with E-state index in [9.17, 15) is 0 Å².